The quantitative estimate of drug-likeness (QED) is 0.137. The summed E-state index contributed by atoms with van der Waals surface area (Å²) in [5.41, 5.74) is 7.27. The normalized spacial score (nSPS) is 16.1. The molecule has 6 rings (SSSR count). The van der Waals surface area contributed by atoms with E-state index in [2.05, 4.69) is 67.8 Å². The van der Waals surface area contributed by atoms with Crippen LogP contribution < -0.4 is 10.1 Å². The Kier molecular flexibility index (Phi) is 12.2. The standard InChI is InChI=1S/C41H52Cl2N6O4Si/c1-25-19-33(45-35-23-48(18-16-28(25)35)17-15-26(2)53-54(7,8)41(3,4)5)39(51)46-32-14-10-12-30(38(32)43)29-11-9-13-31(37(29)42)34-20-44-36(40(47-34)52-6)24-49-21-27(50)22-49/h9-14,19-20,26-27,50H,15-18,21-24H2,1-8H3,(H,46,51). The number of hydrogen-bond donors (Lipinski definition) is 2. The van der Waals surface area contributed by atoms with E-state index in [0.717, 1.165) is 37.2 Å². The number of carbonyl (C=O) groups is 1. The summed E-state index contributed by atoms with van der Waals surface area (Å²) in [5.74, 6) is 0.0710. The van der Waals surface area contributed by atoms with Crippen LogP contribution in [0.4, 0.5) is 5.69 Å². The van der Waals surface area contributed by atoms with Crippen molar-refractivity contribution in [2.45, 2.75) is 90.9 Å². The molecule has 1 unspecified atom stereocenters. The fraction of sp³-hybridized carbons (Fsp3) is 0.463. The number of β-amino-alcohol motifs (C(OH)–C–C–N with tert-alkyl or cyclic N) is 1. The third kappa shape index (κ3) is 8.83. The Hall–Kier alpha value is -3.42. The molecule has 0 spiro atoms. The molecule has 2 aromatic heterocycles. The Morgan fingerprint density at radius 3 is 2.43 bits per heavy atom. The summed E-state index contributed by atoms with van der Waals surface area (Å²) >= 11 is 14.0. The van der Waals surface area contributed by atoms with Gasteiger partial charge in [0.15, 0.2) is 8.32 Å². The van der Waals surface area contributed by atoms with Gasteiger partial charge in [0, 0.05) is 62.1 Å². The van der Waals surface area contributed by atoms with E-state index in [1.54, 1.807) is 19.4 Å². The van der Waals surface area contributed by atoms with Gasteiger partial charge in [-0.1, -0.05) is 74.3 Å². The number of nitrogens with zero attached hydrogens (tertiary/aromatic N) is 5. The minimum Gasteiger partial charge on any atom is -0.480 e. The number of nitrogens with one attached hydrogen (secondary N) is 1. The second kappa shape index (κ2) is 16.4. The zero-order valence-electron chi connectivity index (χ0n) is 32.6. The Labute approximate surface area is 330 Å². The molecule has 4 heterocycles. The number of aliphatic hydroxyl groups excluding tert-OH is 1. The van der Waals surface area contributed by atoms with E-state index in [1.165, 1.54) is 5.56 Å². The fourth-order valence-electron chi connectivity index (χ4n) is 6.85. The molecule has 2 aliphatic rings. The van der Waals surface area contributed by atoms with Crippen molar-refractivity contribution in [3.8, 4) is 28.3 Å². The Bertz CT molecular complexity index is 2020. The molecule has 10 nitrogen and oxygen atoms in total. The van der Waals surface area contributed by atoms with Gasteiger partial charge in [-0.3, -0.25) is 19.6 Å². The lowest BCUT2D eigenvalue weighted by molar-refractivity contribution is -0.00403. The van der Waals surface area contributed by atoms with E-state index in [9.17, 15) is 9.90 Å². The molecule has 1 saturated heterocycles. The molecule has 288 valence electrons. The number of aliphatic hydroxyl groups is 1. The largest absolute Gasteiger partial charge is 0.480 e. The predicted octanol–water partition coefficient (Wildman–Crippen LogP) is 8.42. The molecular weight excluding hydrogens is 739 g/mol. The van der Waals surface area contributed by atoms with Crippen molar-refractivity contribution < 1.29 is 19.1 Å². The van der Waals surface area contributed by atoms with E-state index in [4.69, 9.17) is 42.3 Å². The van der Waals surface area contributed by atoms with Gasteiger partial charge in [-0.15, -0.1) is 0 Å². The molecule has 2 aromatic carbocycles. The van der Waals surface area contributed by atoms with Gasteiger partial charge in [0.2, 0.25) is 5.88 Å². The van der Waals surface area contributed by atoms with Crippen LogP contribution >= 0.6 is 23.2 Å². The lowest BCUT2D eigenvalue weighted by atomic mass is 9.98. The number of anilines is 1. The molecule has 2 aliphatic heterocycles. The van der Waals surface area contributed by atoms with E-state index < -0.39 is 8.32 Å². The summed E-state index contributed by atoms with van der Waals surface area (Å²) in [6.07, 6.45) is 3.39. The average Bonchev–Trinajstić information content (AvgIpc) is 3.10. The number of amides is 1. The summed E-state index contributed by atoms with van der Waals surface area (Å²) in [6.45, 7) is 19.9. The Balaban J connectivity index is 1.16. The summed E-state index contributed by atoms with van der Waals surface area (Å²) in [4.78, 5) is 32.4. The number of rotatable bonds is 12. The van der Waals surface area contributed by atoms with Crippen LogP contribution in [0.25, 0.3) is 22.4 Å². The first kappa shape index (κ1) is 40.2. The Morgan fingerprint density at radius 1 is 1.06 bits per heavy atom. The summed E-state index contributed by atoms with van der Waals surface area (Å²) in [5, 5.41) is 13.6. The average molecular weight is 792 g/mol. The minimum atomic E-state index is -1.84. The number of carbonyl (C=O) groups excluding carboxylic acids is 1. The molecule has 2 N–H and O–H groups in total. The van der Waals surface area contributed by atoms with Crippen molar-refractivity contribution in [3.63, 3.8) is 0 Å². The number of methoxy groups -OCH3 is 1. The first-order valence-electron chi connectivity index (χ1n) is 18.6. The number of ether oxygens (including phenoxy) is 1. The third-order valence-corrected chi connectivity index (χ3v) is 16.4. The van der Waals surface area contributed by atoms with Crippen molar-refractivity contribution in [2.75, 3.05) is 38.6 Å². The predicted molar refractivity (Wildman–Crippen MR) is 219 cm³/mol. The maximum Gasteiger partial charge on any atom is 0.274 e. The molecule has 0 saturated carbocycles. The van der Waals surface area contributed by atoms with E-state index in [-0.39, 0.29) is 23.2 Å². The fourth-order valence-corrected chi connectivity index (χ4v) is 8.93. The lowest BCUT2D eigenvalue weighted by Crippen LogP contribution is -2.50. The third-order valence-electron chi connectivity index (χ3n) is 11.0. The molecule has 1 atom stereocenters. The van der Waals surface area contributed by atoms with Gasteiger partial charge < -0.3 is 19.6 Å². The van der Waals surface area contributed by atoms with Crippen molar-refractivity contribution in [3.05, 3.63) is 86.9 Å². The van der Waals surface area contributed by atoms with Crippen molar-refractivity contribution in [1.82, 2.24) is 24.8 Å². The maximum absolute atomic E-state index is 13.7. The van der Waals surface area contributed by atoms with Crippen LogP contribution in [0.5, 0.6) is 5.88 Å². The zero-order valence-corrected chi connectivity index (χ0v) is 35.1. The SMILES string of the molecule is COc1nc(-c2cccc(-c3cccc(NC(=O)c4cc(C)c5c(n4)CN(CCC(C)O[Si](C)(C)C(C)(C)C)CC5)c3Cl)c2Cl)cnc1CN1CC(O)C1. The van der Waals surface area contributed by atoms with Gasteiger partial charge in [0.05, 0.1) is 46.5 Å². The highest BCUT2D eigenvalue weighted by atomic mass is 35.5. The number of hydrogen-bond acceptors (Lipinski definition) is 9. The number of halogens is 2. The van der Waals surface area contributed by atoms with E-state index >= 15 is 0 Å². The lowest BCUT2D eigenvalue weighted by Gasteiger charge is -2.39. The number of pyridine rings is 1. The smallest absolute Gasteiger partial charge is 0.274 e. The van der Waals surface area contributed by atoms with Crippen LogP contribution in [0.1, 0.15) is 67.1 Å². The maximum atomic E-state index is 13.7. The van der Waals surface area contributed by atoms with Gasteiger partial charge in [0.25, 0.3) is 5.91 Å². The highest BCUT2D eigenvalue weighted by Crippen LogP contribution is 2.42. The first-order chi connectivity index (χ1) is 25.5. The second-order valence-corrected chi connectivity index (χ2v) is 21.6. The number of benzene rings is 2. The highest BCUT2D eigenvalue weighted by molar-refractivity contribution is 6.74. The van der Waals surface area contributed by atoms with Gasteiger partial charge in [-0.2, -0.15) is 0 Å². The number of aromatic nitrogens is 3. The van der Waals surface area contributed by atoms with Crippen LogP contribution in [0.3, 0.4) is 0 Å². The Morgan fingerprint density at radius 2 is 1.74 bits per heavy atom. The number of fused-ring (bicyclic) bond motifs is 1. The molecule has 1 amide bonds. The van der Waals surface area contributed by atoms with Gasteiger partial charge in [-0.25, -0.2) is 9.97 Å². The van der Waals surface area contributed by atoms with Crippen LogP contribution in [-0.4, -0.2) is 89.6 Å². The monoisotopic (exact) mass is 790 g/mol. The molecule has 13 heteroatoms. The molecular formula is C41H52Cl2N6O4Si. The minimum absolute atomic E-state index is 0.173. The van der Waals surface area contributed by atoms with Crippen molar-refractivity contribution in [2.24, 2.45) is 0 Å². The van der Waals surface area contributed by atoms with Crippen LogP contribution in [0.15, 0.2) is 48.7 Å². The van der Waals surface area contributed by atoms with Crippen LogP contribution in [-0.2, 0) is 23.9 Å². The summed E-state index contributed by atoms with van der Waals surface area (Å²) in [7, 11) is -0.277. The zero-order chi connectivity index (χ0) is 38.9. The van der Waals surface area contributed by atoms with Crippen LogP contribution in [0, 0.1) is 6.92 Å². The molecule has 0 radical (unpaired) electrons. The van der Waals surface area contributed by atoms with Crippen molar-refractivity contribution >= 4 is 43.1 Å². The second-order valence-electron chi connectivity index (χ2n) is 16.1. The van der Waals surface area contributed by atoms with Gasteiger partial charge in [-0.05, 0) is 68.1 Å². The molecule has 0 aliphatic carbocycles. The highest BCUT2D eigenvalue weighted by Gasteiger charge is 2.38. The van der Waals surface area contributed by atoms with Crippen LogP contribution in [0.2, 0.25) is 28.2 Å². The number of aryl methyl sites for hydroxylation is 1. The van der Waals surface area contributed by atoms with Gasteiger partial charge >= 0.3 is 0 Å². The molecule has 0 bridgehead atoms. The molecule has 54 heavy (non-hydrogen) atoms. The molecule has 1 fully saturated rings. The summed E-state index contributed by atoms with van der Waals surface area (Å²) < 4.78 is 12.2. The summed E-state index contributed by atoms with van der Waals surface area (Å²) in [6, 6.07) is 13.0. The topological polar surface area (TPSA) is 113 Å². The first-order valence-corrected chi connectivity index (χ1v) is 22.3. The molecule has 4 aromatic rings. The van der Waals surface area contributed by atoms with E-state index in [1.807, 2.05) is 36.4 Å². The van der Waals surface area contributed by atoms with E-state index in [0.29, 0.717) is 81.6 Å². The number of likely N-dealkylation sites (tertiary alicyclic amines) is 1. The van der Waals surface area contributed by atoms with Crippen molar-refractivity contribution in [1.29, 1.82) is 0 Å². The van der Waals surface area contributed by atoms with Gasteiger partial charge in [0.1, 0.15) is 11.4 Å².